The van der Waals surface area contributed by atoms with E-state index in [4.69, 9.17) is 21.6 Å². The summed E-state index contributed by atoms with van der Waals surface area (Å²) in [5.74, 6) is 0.704. The van der Waals surface area contributed by atoms with Crippen molar-refractivity contribution in [1.82, 2.24) is 0 Å². The van der Waals surface area contributed by atoms with Crippen LogP contribution in [0.2, 0.25) is 5.02 Å². The lowest BCUT2D eigenvalue weighted by molar-refractivity contribution is 0.368. The predicted molar refractivity (Wildman–Crippen MR) is 85.8 cm³/mol. The Bertz CT molecular complexity index is 647. The van der Waals surface area contributed by atoms with Crippen molar-refractivity contribution >= 4 is 17.3 Å². The van der Waals surface area contributed by atoms with Crippen molar-refractivity contribution in [2.75, 3.05) is 11.9 Å². The Hall–Kier alpha value is -2.18. The summed E-state index contributed by atoms with van der Waals surface area (Å²) in [7, 11) is 0. The topological polar surface area (TPSA) is 45.0 Å². The van der Waals surface area contributed by atoms with Gasteiger partial charge in [-0.1, -0.05) is 23.7 Å². The van der Waals surface area contributed by atoms with Crippen molar-refractivity contribution in [3.8, 4) is 11.8 Å². The van der Waals surface area contributed by atoms with Gasteiger partial charge in [-0.3, -0.25) is 0 Å². The average Bonchev–Trinajstić information content (AvgIpc) is 2.48. The molecule has 0 fully saturated rings. The number of anilines is 1. The van der Waals surface area contributed by atoms with Gasteiger partial charge in [-0.05, 0) is 55.3 Å². The molecule has 2 rings (SSSR count). The maximum atomic E-state index is 8.49. The van der Waals surface area contributed by atoms with Crippen LogP contribution in [0.15, 0.2) is 42.5 Å². The van der Waals surface area contributed by atoms with Crippen LogP contribution in [-0.2, 0) is 0 Å². The summed E-state index contributed by atoms with van der Waals surface area (Å²) in [5.41, 5.74) is 3.33. The number of hydrogen-bond acceptors (Lipinski definition) is 3. The molecule has 1 N–H and O–H groups in total. The summed E-state index contributed by atoms with van der Waals surface area (Å²) in [6.07, 6.45) is 0. The average molecular weight is 301 g/mol. The van der Waals surface area contributed by atoms with Gasteiger partial charge in [0.2, 0.25) is 0 Å². The quantitative estimate of drug-likeness (QED) is 0.868. The summed E-state index contributed by atoms with van der Waals surface area (Å²) in [6, 6.07) is 15.7. The van der Waals surface area contributed by atoms with E-state index < -0.39 is 0 Å². The van der Waals surface area contributed by atoms with Crippen LogP contribution in [0, 0.1) is 18.3 Å². The molecule has 3 nitrogen and oxygen atoms in total. The highest BCUT2D eigenvalue weighted by molar-refractivity contribution is 6.30. The molecule has 0 aliphatic heterocycles. The van der Waals surface area contributed by atoms with E-state index in [-0.39, 0.29) is 12.6 Å². The second-order valence-electron chi connectivity index (χ2n) is 4.84. The SMILES string of the molecule is Cc1cc(Cl)ccc1NC(C)c1ccc(OCC#N)cc1. The minimum Gasteiger partial charge on any atom is -0.479 e. The van der Waals surface area contributed by atoms with Crippen molar-refractivity contribution in [3.63, 3.8) is 0 Å². The number of halogens is 1. The molecule has 2 aromatic rings. The van der Waals surface area contributed by atoms with E-state index in [9.17, 15) is 0 Å². The fraction of sp³-hybridized carbons (Fsp3) is 0.235. The van der Waals surface area contributed by atoms with Gasteiger partial charge in [0.05, 0.1) is 0 Å². The van der Waals surface area contributed by atoms with Crippen molar-refractivity contribution in [3.05, 3.63) is 58.6 Å². The Morgan fingerprint density at radius 3 is 2.57 bits per heavy atom. The summed E-state index contributed by atoms with van der Waals surface area (Å²) in [6.45, 7) is 4.19. The van der Waals surface area contributed by atoms with E-state index >= 15 is 0 Å². The lowest BCUT2D eigenvalue weighted by Crippen LogP contribution is -2.07. The van der Waals surface area contributed by atoms with Gasteiger partial charge >= 0.3 is 0 Å². The molecule has 0 aliphatic rings. The molecule has 0 aromatic heterocycles. The van der Waals surface area contributed by atoms with Crippen LogP contribution in [0.5, 0.6) is 5.75 Å². The molecule has 0 saturated carbocycles. The van der Waals surface area contributed by atoms with E-state index in [1.807, 2.05) is 55.5 Å². The largest absolute Gasteiger partial charge is 0.479 e. The monoisotopic (exact) mass is 300 g/mol. The zero-order valence-corrected chi connectivity index (χ0v) is 12.8. The van der Waals surface area contributed by atoms with Gasteiger partial charge in [0.1, 0.15) is 11.8 Å². The zero-order chi connectivity index (χ0) is 15.2. The molecule has 4 heteroatoms. The molecule has 2 aromatic carbocycles. The van der Waals surface area contributed by atoms with Crippen molar-refractivity contribution in [1.29, 1.82) is 5.26 Å². The Balaban J connectivity index is 2.06. The number of nitrogens with one attached hydrogen (secondary N) is 1. The summed E-state index contributed by atoms with van der Waals surface area (Å²) >= 11 is 5.96. The molecule has 0 aliphatic carbocycles. The molecule has 0 radical (unpaired) electrons. The molecule has 0 saturated heterocycles. The Morgan fingerprint density at radius 1 is 1.24 bits per heavy atom. The summed E-state index contributed by atoms with van der Waals surface area (Å²) in [5, 5.41) is 12.7. The van der Waals surface area contributed by atoms with Crippen LogP contribution >= 0.6 is 11.6 Å². The molecular weight excluding hydrogens is 284 g/mol. The molecule has 108 valence electrons. The number of nitriles is 1. The van der Waals surface area contributed by atoms with Gasteiger partial charge in [-0.15, -0.1) is 0 Å². The highest BCUT2D eigenvalue weighted by atomic mass is 35.5. The molecule has 0 heterocycles. The van der Waals surface area contributed by atoms with Crippen molar-refractivity contribution < 1.29 is 4.74 Å². The maximum absolute atomic E-state index is 8.49. The lowest BCUT2D eigenvalue weighted by atomic mass is 10.1. The number of benzene rings is 2. The number of rotatable bonds is 5. The molecule has 1 atom stereocenters. The van der Waals surface area contributed by atoms with Gasteiger partial charge < -0.3 is 10.1 Å². The zero-order valence-electron chi connectivity index (χ0n) is 12.1. The molecule has 0 bridgehead atoms. The molecule has 0 spiro atoms. The third-order valence-corrected chi connectivity index (χ3v) is 3.48. The smallest absolute Gasteiger partial charge is 0.174 e. The predicted octanol–water partition coefficient (Wildman–Crippen LogP) is 4.72. The number of nitrogens with zero attached hydrogens (tertiary/aromatic N) is 1. The van der Waals surface area contributed by atoms with E-state index in [1.54, 1.807) is 0 Å². The Labute approximate surface area is 130 Å². The fourth-order valence-electron chi connectivity index (χ4n) is 2.07. The molecular formula is C17H17ClN2O. The van der Waals surface area contributed by atoms with Crippen LogP contribution in [0.3, 0.4) is 0 Å². The first-order valence-corrected chi connectivity index (χ1v) is 7.10. The molecule has 21 heavy (non-hydrogen) atoms. The first-order valence-electron chi connectivity index (χ1n) is 6.72. The lowest BCUT2D eigenvalue weighted by Gasteiger charge is -2.18. The second kappa shape index (κ2) is 7.01. The number of aryl methyl sites for hydroxylation is 1. The number of ether oxygens (including phenoxy) is 1. The Morgan fingerprint density at radius 2 is 1.95 bits per heavy atom. The fourth-order valence-corrected chi connectivity index (χ4v) is 2.30. The third-order valence-electron chi connectivity index (χ3n) is 3.24. The Kier molecular flexibility index (Phi) is 5.08. The van der Waals surface area contributed by atoms with Gasteiger partial charge in [-0.2, -0.15) is 5.26 Å². The standard InChI is InChI=1S/C17H17ClN2O/c1-12-11-15(18)5-8-17(12)20-13(2)14-3-6-16(7-4-14)21-10-9-19/h3-8,11,13,20H,10H2,1-2H3. The van der Waals surface area contributed by atoms with Crippen molar-refractivity contribution in [2.24, 2.45) is 0 Å². The van der Waals surface area contributed by atoms with Crippen LogP contribution in [-0.4, -0.2) is 6.61 Å². The van der Waals surface area contributed by atoms with Crippen LogP contribution in [0.25, 0.3) is 0 Å². The third kappa shape index (κ3) is 4.14. The molecule has 0 amide bonds. The van der Waals surface area contributed by atoms with Gasteiger partial charge in [-0.25, -0.2) is 0 Å². The van der Waals surface area contributed by atoms with Gasteiger partial charge in [0.25, 0.3) is 0 Å². The van der Waals surface area contributed by atoms with Crippen molar-refractivity contribution in [2.45, 2.75) is 19.9 Å². The van der Waals surface area contributed by atoms with Gasteiger partial charge in [0.15, 0.2) is 6.61 Å². The highest BCUT2D eigenvalue weighted by Gasteiger charge is 2.07. The molecule has 1 unspecified atom stereocenters. The minimum atomic E-state index is 0.0666. The van der Waals surface area contributed by atoms with E-state index in [1.165, 1.54) is 0 Å². The first-order chi connectivity index (χ1) is 10.1. The van der Waals surface area contributed by atoms with Crippen LogP contribution < -0.4 is 10.1 Å². The van der Waals surface area contributed by atoms with Crippen LogP contribution in [0.4, 0.5) is 5.69 Å². The van der Waals surface area contributed by atoms with E-state index in [0.717, 1.165) is 21.8 Å². The highest BCUT2D eigenvalue weighted by Crippen LogP contribution is 2.25. The maximum Gasteiger partial charge on any atom is 0.174 e. The van der Waals surface area contributed by atoms with Gasteiger partial charge in [0, 0.05) is 16.8 Å². The van der Waals surface area contributed by atoms with E-state index in [2.05, 4.69) is 12.2 Å². The normalized spacial score (nSPS) is 11.5. The second-order valence-corrected chi connectivity index (χ2v) is 5.28. The minimum absolute atomic E-state index is 0.0666. The van der Waals surface area contributed by atoms with E-state index in [0.29, 0.717) is 5.75 Å². The first kappa shape index (κ1) is 15.2. The number of hydrogen-bond donors (Lipinski definition) is 1. The summed E-state index contributed by atoms with van der Waals surface area (Å²) < 4.78 is 5.24. The summed E-state index contributed by atoms with van der Waals surface area (Å²) in [4.78, 5) is 0. The van der Waals surface area contributed by atoms with Crippen LogP contribution in [0.1, 0.15) is 24.1 Å².